The predicted molar refractivity (Wildman–Crippen MR) is 74.7 cm³/mol. The van der Waals surface area contributed by atoms with Gasteiger partial charge >= 0.3 is 0 Å². The molecule has 102 valence electrons. The molecule has 0 aliphatic rings. The Balaban J connectivity index is 2.60. The largest absolute Gasteiger partial charge is 0.490 e. The third-order valence-electron chi connectivity index (χ3n) is 2.83. The summed E-state index contributed by atoms with van der Waals surface area (Å²) in [5, 5.41) is -0.374. The molecule has 0 unspecified atom stereocenters. The standard InChI is InChI=1S/C13H21NO3S/c1-4-11-5-6-13(12(14)9-11)17-7-8-18(15,16)10(2)3/h5-6,9-10H,4,7-8,14H2,1-3H3. The minimum absolute atomic E-state index is 0.0135. The lowest BCUT2D eigenvalue weighted by Gasteiger charge is -2.11. The molecule has 1 rings (SSSR count). The second-order valence-corrected chi connectivity index (χ2v) is 7.17. The number of aryl methyl sites for hydroxylation is 1. The molecule has 18 heavy (non-hydrogen) atoms. The molecule has 0 aromatic heterocycles. The SMILES string of the molecule is CCc1ccc(OCCS(=O)(=O)C(C)C)c(N)c1. The van der Waals surface area contributed by atoms with Gasteiger partial charge in [-0.05, 0) is 38.0 Å². The van der Waals surface area contributed by atoms with E-state index in [4.69, 9.17) is 10.5 Å². The minimum atomic E-state index is -3.06. The Labute approximate surface area is 109 Å². The molecule has 4 nitrogen and oxygen atoms in total. The van der Waals surface area contributed by atoms with Crippen molar-refractivity contribution in [2.75, 3.05) is 18.1 Å². The predicted octanol–water partition coefficient (Wildman–Crippen LogP) is 2.03. The smallest absolute Gasteiger partial charge is 0.155 e. The van der Waals surface area contributed by atoms with Crippen molar-refractivity contribution in [3.8, 4) is 5.75 Å². The molecule has 0 radical (unpaired) electrons. The maximum Gasteiger partial charge on any atom is 0.155 e. The second-order valence-electron chi connectivity index (χ2n) is 4.49. The van der Waals surface area contributed by atoms with Crippen molar-refractivity contribution in [1.82, 2.24) is 0 Å². The van der Waals surface area contributed by atoms with Gasteiger partial charge in [-0.3, -0.25) is 0 Å². The number of nitrogens with two attached hydrogens (primary N) is 1. The molecule has 0 bridgehead atoms. The Kier molecular flexibility index (Phi) is 5.02. The van der Waals surface area contributed by atoms with E-state index in [-0.39, 0.29) is 17.6 Å². The van der Waals surface area contributed by atoms with Gasteiger partial charge < -0.3 is 10.5 Å². The highest BCUT2D eigenvalue weighted by atomic mass is 32.2. The molecule has 0 aliphatic carbocycles. The van der Waals surface area contributed by atoms with Gasteiger partial charge in [-0.2, -0.15) is 0 Å². The molecule has 0 heterocycles. The van der Waals surface area contributed by atoms with Crippen molar-refractivity contribution in [1.29, 1.82) is 0 Å². The zero-order chi connectivity index (χ0) is 13.8. The monoisotopic (exact) mass is 271 g/mol. The van der Waals surface area contributed by atoms with Crippen LogP contribution >= 0.6 is 0 Å². The van der Waals surface area contributed by atoms with Gasteiger partial charge in [0.1, 0.15) is 12.4 Å². The highest BCUT2D eigenvalue weighted by molar-refractivity contribution is 7.91. The summed E-state index contributed by atoms with van der Waals surface area (Å²) >= 11 is 0. The van der Waals surface area contributed by atoms with Gasteiger partial charge in [0, 0.05) is 0 Å². The maximum absolute atomic E-state index is 11.6. The lowest BCUT2D eigenvalue weighted by atomic mass is 10.1. The van der Waals surface area contributed by atoms with Crippen molar-refractivity contribution in [3.63, 3.8) is 0 Å². The summed E-state index contributed by atoms with van der Waals surface area (Å²) in [4.78, 5) is 0. The van der Waals surface area contributed by atoms with Gasteiger partial charge in [0.2, 0.25) is 0 Å². The van der Waals surface area contributed by atoms with Gasteiger partial charge in [-0.1, -0.05) is 13.0 Å². The molecule has 0 amide bonds. The molecule has 0 saturated carbocycles. The topological polar surface area (TPSA) is 69.4 Å². The molecule has 0 spiro atoms. The highest BCUT2D eigenvalue weighted by Gasteiger charge is 2.16. The molecule has 5 heteroatoms. The van der Waals surface area contributed by atoms with Crippen LogP contribution in [0.3, 0.4) is 0 Å². The fraction of sp³-hybridized carbons (Fsp3) is 0.538. The summed E-state index contributed by atoms with van der Waals surface area (Å²) in [7, 11) is -3.06. The zero-order valence-corrected chi connectivity index (χ0v) is 12.0. The lowest BCUT2D eigenvalue weighted by Crippen LogP contribution is -2.22. The normalized spacial score (nSPS) is 11.8. The number of rotatable bonds is 6. The Bertz CT molecular complexity index is 495. The van der Waals surface area contributed by atoms with Crippen molar-refractivity contribution < 1.29 is 13.2 Å². The number of sulfone groups is 1. The minimum Gasteiger partial charge on any atom is -0.490 e. The van der Waals surface area contributed by atoms with Gasteiger partial charge in [0.25, 0.3) is 0 Å². The molecule has 1 aromatic rings. The van der Waals surface area contributed by atoms with Gasteiger partial charge in [-0.25, -0.2) is 8.42 Å². The number of anilines is 1. The molecule has 1 aromatic carbocycles. The quantitative estimate of drug-likeness (QED) is 0.804. The summed E-state index contributed by atoms with van der Waals surface area (Å²) in [6.45, 7) is 5.51. The van der Waals surface area contributed by atoms with E-state index in [0.717, 1.165) is 12.0 Å². The fourth-order valence-corrected chi connectivity index (χ4v) is 2.24. The molecule has 2 N–H and O–H groups in total. The van der Waals surface area contributed by atoms with E-state index in [1.54, 1.807) is 19.9 Å². The van der Waals surface area contributed by atoms with E-state index in [1.807, 2.05) is 19.1 Å². The Morgan fingerprint density at radius 2 is 2.00 bits per heavy atom. The highest BCUT2D eigenvalue weighted by Crippen LogP contribution is 2.22. The zero-order valence-electron chi connectivity index (χ0n) is 11.1. The van der Waals surface area contributed by atoms with Crippen molar-refractivity contribution in [2.45, 2.75) is 32.4 Å². The van der Waals surface area contributed by atoms with E-state index in [9.17, 15) is 8.42 Å². The van der Waals surface area contributed by atoms with E-state index in [0.29, 0.717) is 11.4 Å². The Hall–Kier alpha value is -1.23. The number of nitrogen functional groups attached to an aromatic ring is 1. The maximum atomic E-state index is 11.6. The van der Waals surface area contributed by atoms with Crippen molar-refractivity contribution >= 4 is 15.5 Å². The van der Waals surface area contributed by atoms with Crippen LogP contribution < -0.4 is 10.5 Å². The van der Waals surface area contributed by atoms with E-state index >= 15 is 0 Å². The van der Waals surface area contributed by atoms with Crippen LogP contribution in [0.4, 0.5) is 5.69 Å². The number of ether oxygens (including phenoxy) is 1. The third kappa shape index (κ3) is 3.91. The van der Waals surface area contributed by atoms with Gasteiger partial charge in [0.05, 0.1) is 16.7 Å². The molecular weight excluding hydrogens is 250 g/mol. The average Bonchev–Trinajstić information content (AvgIpc) is 2.30. The van der Waals surface area contributed by atoms with Crippen LogP contribution in [0.5, 0.6) is 5.75 Å². The second kappa shape index (κ2) is 6.09. The van der Waals surface area contributed by atoms with E-state index in [1.165, 1.54) is 0 Å². The van der Waals surface area contributed by atoms with Crippen LogP contribution in [-0.2, 0) is 16.3 Å². The molecule has 0 fully saturated rings. The van der Waals surface area contributed by atoms with Crippen LogP contribution in [0.2, 0.25) is 0 Å². The summed E-state index contributed by atoms with van der Waals surface area (Å²) in [5.41, 5.74) is 7.52. The Morgan fingerprint density at radius 1 is 1.33 bits per heavy atom. The summed E-state index contributed by atoms with van der Waals surface area (Å²) in [6, 6.07) is 5.57. The van der Waals surface area contributed by atoms with E-state index in [2.05, 4.69) is 0 Å². The molecular formula is C13H21NO3S. The third-order valence-corrected chi connectivity index (χ3v) is 5.00. The lowest BCUT2D eigenvalue weighted by molar-refractivity contribution is 0.342. The van der Waals surface area contributed by atoms with Crippen LogP contribution in [-0.4, -0.2) is 26.0 Å². The van der Waals surface area contributed by atoms with Crippen molar-refractivity contribution in [3.05, 3.63) is 23.8 Å². The molecule has 0 aliphatic heterocycles. The average molecular weight is 271 g/mol. The number of hydrogen-bond donors (Lipinski definition) is 1. The summed E-state index contributed by atoms with van der Waals surface area (Å²) < 4.78 is 28.6. The Morgan fingerprint density at radius 3 is 2.50 bits per heavy atom. The first-order valence-electron chi connectivity index (χ1n) is 6.09. The van der Waals surface area contributed by atoms with Crippen LogP contribution in [0.1, 0.15) is 26.3 Å². The molecule has 0 saturated heterocycles. The number of hydrogen-bond acceptors (Lipinski definition) is 4. The first-order chi connectivity index (χ1) is 8.36. The number of benzene rings is 1. The first kappa shape index (κ1) is 14.8. The van der Waals surface area contributed by atoms with Crippen LogP contribution in [0.15, 0.2) is 18.2 Å². The van der Waals surface area contributed by atoms with Gasteiger partial charge in [0.15, 0.2) is 9.84 Å². The van der Waals surface area contributed by atoms with Crippen molar-refractivity contribution in [2.24, 2.45) is 0 Å². The van der Waals surface area contributed by atoms with Crippen LogP contribution in [0.25, 0.3) is 0 Å². The van der Waals surface area contributed by atoms with E-state index < -0.39 is 9.84 Å². The van der Waals surface area contributed by atoms with Crippen LogP contribution in [0, 0.1) is 0 Å². The summed E-state index contributed by atoms with van der Waals surface area (Å²) in [5.74, 6) is 0.561. The first-order valence-corrected chi connectivity index (χ1v) is 7.81. The van der Waals surface area contributed by atoms with Gasteiger partial charge in [-0.15, -0.1) is 0 Å². The summed E-state index contributed by atoms with van der Waals surface area (Å²) in [6.07, 6.45) is 0.909. The molecule has 0 atom stereocenters. The fourth-order valence-electron chi connectivity index (χ4n) is 1.45.